The lowest BCUT2D eigenvalue weighted by molar-refractivity contribution is -0.136. The summed E-state index contributed by atoms with van der Waals surface area (Å²) in [7, 11) is 0. The topological polar surface area (TPSA) is 92.5 Å². The van der Waals surface area contributed by atoms with Gasteiger partial charge in [0.05, 0.1) is 12.2 Å². The third kappa shape index (κ3) is 7.14. The highest BCUT2D eigenvalue weighted by Crippen LogP contribution is 2.41. The highest BCUT2D eigenvalue weighted by atomic mass is 35.5. The number of para-hydroxylation sites is 1. The molecule has 4 aromatic carbocycles. The fourth-order valence-corrected chi connectivity index (χ4v) is 6.97. The molecule has 3 amide bonds. The van der Waals surface area contributed by atoms with Crippen molar-refractivity contribution >= 4 is 46.6 Å². The molecule has 3 atom stereocenters. The van der Waals surface area contributed by atoms with Crippen molar-refractivity contribution in [3.8, 4) is 22.3 Å². The number of hydrogen-bond acceptors (Lipinski definition) is 3. The van der Waals surface area contributed by atoms with Crippen LogP contribution in [0.1, 0.15) is 57.2 Å². The Hall–Kier alpha value is -4.13. The molecule has 0 spiro atoms. The molecule has 0 saturated heterocycles. The van der Waals surface area contributed by atoms with Gasteiger partial charge >= 0.3 is 0 Å². The van der Waals surface area contributed by atoms with Crippen molar-refractivity contribution in [3.63, 3.8) is 0 Å². The number of carbonyl (C=O) groups excluding carboxylic acids is 3. The largest absolute Gasteiger partial charge is 0.369 e. The van der Waals surface area contributed by atoms with Gasteiger partial charge in [0.25, 0.3) is 5.91 Å². The van der Waals surface area contributed by atoms with E-state index in [1.807, 2.05) is 99.6 Å². The first kappa shape index (κ1) is 33.2. The van der Waals surface area contributed by atoms with Gasteiger partial charge in [0.1, 0.15) is 6.04 Å². The number of halogens is 2. The van der Waals surface area contributed by atoms with E-state index in [2.05, 4.69) is 5.32 Å². The van der Waals surface area contributed by atoms with Crippen molar-refractivity contribution < 1.29 is 14.4 Å². The molecular formula is C38H39Cl2N3O3. The molecule has 0 aliphatic carbocycles. The molecule has 1 aliphatic heterocycles. The summed E-state index contributed by atoms with van der Waals surface area (Å²) < 4.78 is 0. The fourth-order valence-electron chi connectivity index (χ4n) is 6.45. The second kappa shape index (κ2) is 14.5. The van der Waals surface area contributed by atoms with Crippen LogP contribution in [0.4, 0.5) is 5.69 Å². The third-order valence-corrected chi connectivity index (χ3v) is 9.13. The summed E-state index contributed by atoms with van der Waals surface area (Å²) in [5.41, 5.74) is 11.6. The summed E-state index contributed by atoms with van der Waals surface area (Å²) in [6.45, 7) is 6.25. The Balaban J connectivity index is 1.56. The number of carbonyl (C=O) groups is 3. The van der Waals surface area contributed by atoms with Gasteiger partial charge in [0.15, 0.2) is 0 Å². The number of benzene rings is 4. The zero-order valence-corrected chi connectivity index (χ0v) is 27.8. The van der Waals surface area contributed by atoms with E-state index < -0.39 is 23.8 Å². The average molecular weight is 657 g/mol. The van der Waals surface area contributed by atoms with Crippen LogP contribution in [0, 0.1) is 17.8 Å². The van der Waals surface area contributed by atoms with Crippen LogP contribution >= 0.6 is 23.2 Å². The molecule has 0 fully saturated rings. The van der Waals surface area contributed by atoms with Crippen LogP contribution in [0.25, 0.3) is 22.3 Å². The summed E-state index contributed by atoms with van der Waals surface area (Å²) in [6, 6.07) is 27.7. The first-order valence-electron chi connectivity index (χ1n) is 15.7. The maximum absolute atomic E-state index is 14.7. The number of nitrogens with one attached hydrogen (secondary N) is 1. The Kier molecular flexibility index (Phi) is 10.5. The summed E-state index contributed by atoms with van der Waals surface area (Å²) in [4.78, 5) is 43.1. The number of rotatable bonds is 11. The van der Waals surface area contributed by atoms with E-state index in [1.54, 1.807) is 17.0 Å². The number of nitrogens with zero attached hydrogens (tertiary/aromatic N) is 1. The van der Waals surface area contributed by atoms with Crippen LogP contribution in [0.15, 0.2) is 91.0 Å². The molecule has 0 saturated carbocycles. The SMILES string of the molecule is CCC[C@H](C(N)=O)[C@@H](CC(C)C)C(=O)NC1C(=O)N(Cc2cccc(-c3ccc(Cl)cc3Cl)c2)c2ccccc2-c2ccccc21. The van der Waals surface area contributed by atoms with Gasteiger partial charge in [-0.25, -0.2) is 0 Å². The maximum Gasteiger partial charge on any atom is 0.254 e. The van der Waals surface area contributed by atoms with Crippen LogP contribution in [0.3, 0.4) is 0 Å². The molecule has 5 rings (SSSR count). The Morgan fingerprint density at radius 1 is 0.870 bits per heavy atom. The second-order valence-electron chi connectivity index (χ2n) is 12.3. The van der Waals surface area contributed by atoms with Gasteiger partial charge in [0.2, 0.25) is 11.8 Å². The summed E-state index contributed by atoms with van der Waals surface area (Å²) in [5.74, 6) is -2.24. The number of anilines is 1. The van der Waals surface area contributed by atoms with Crippen molar-refractivity contribution in [2.75, 3.05) is 4.90 Å². The molecule has 3 N–H and O–H groups in total. The minimum Gasteiger partial charge on any atom is -0.369 e. The quantitative estimate of drug-likeness (QED) is 0.169. The number of nitrogens with two attached hydrogens (primary N) is 1. The first-order chi connectivity index (χ1) is 22.1. The zero-order chi connectivity index (χ0) is 33.0. The molecule has 46 heavy (non-hydrogen) atoms. The molecule has 6 nitrogen and oxygen atoms in total. The van der Waals surface area contributed by atoms with Gasteiger partial charge in [-0.1, -0.05) is 117 Å². The summed E-state index contributed by atoms with van der Waals surface area (Å²) >= 11 is 12.7. The molecule has 0 radical (unpaired) electrons. The predicted octanol–water partition coefficient (Wildman–Crippen LogP) is 8.60. The zero-order valence-electron chi connectivity index (χ0n) is 26.3. The van der Waals surface area contributed by atoms with Gasteiger partial charge in [-0.3, -0.25) is 14.4 Å². The van der Waals surface area contributed by atoms with Crippen LogP contribution in [0.2, 0.25) is 10.0 Å². The summed E-state index contributed by atoms with van der Waals surface area (Å²) in [6.07, 6.45) is 1.69. The Morgan fingerprint density at radius 2 is 1.59 bits per heavy atom. The van der Waals surface area contributed by atoms with E-state index in [9.17, 15) is 14.4 Å². The van der Waals surface area contributed by atoms with Gasteiger partial charge < -0.3 is 16.0 Å². The molecule has 0 aromatic heterocycles. The number of primary amides is 1. The van der Waals surface area contributed by atoms with Gasteiger partial charge in [-0.05, 0) is 65.3 Å². The van der Waals surface area contributed by atoms with Crippen LogP contribution in [0.5, 0.6) is 0 Å². The van der Waals surface area contributed by atoms with E-state index in [-0.39, 0.29) is 24.3 Å². The Labute approximate surface area is 280 Å². The van der Waals surface area contributed by atoms with Gasteiger partial charge in [0, 0.05) is 33.0 Å². The van der Waals surface area contributed by atoms with Crippen molar-refractivity contribution in [3.05, 3.63) is 112 Å². The lowest BCUT2D eigenvalue weighted by atomic mass is 9.81. The summed E-state index contributed by atoms with van der Waals surface area (Å²) in [5, 5.41) is 4.18. The fraction of sp³-hybridized carbons (Fsp3) is 0.289. The normalized spacial score (nSPS) is 15.5. The molecule has 0 bridgehead atoms. The minimum atomic E-state index is -0.977. The van der Waals surface area contributed by atoms with Gasteiger partial charge in [-0.15, -0.1) is 0 Å². The number of hydrogen-bond donors (Lipinski definition) is 2. The molecular weight excluding hydrogens is 617 g/mol. The van der Waals surface area contributed by atoms with Crippen LogP contribution in [-0.2, 0) is 20.9 Å². The number of fused-ring (bicyclic) bond motifs is 3. The molecule has 238 valence electrons. The van der Waals surface area contributed by atoms with E-state index >= 15 is 0 Å². The van der Waals surface area contributed by atoms with Crippen molar-refractivity contribution in [2.24, 2.45) is 23.5 Å². The monoisotopic (exact) mass is 655 g/mol. The minimum absolute atomic E-state index is 0.147. The molecule has 1 aliphatic rings. The smallest absolute Gasteiger partial charge is 0.254 e. The average Bonchev–Trinajstić information content (AvgIpc) is 3.12. The molecule has 4 aromatic rings. The van der Waals surface area contributed by atoms with Crippen LogP contribution < -0.4 is 16.0 Å². The van der Waals surface area contributed by atoms with Crippen molar-refractivity contribution in [1.29, 1.82) is 0 Å². The molecule has 1 heterocycles. The second-order valence-corrected chi connectivity index (χ2v) is 13.2. The highest BCUT2D eigenvalue weighted by Gasteiger charge is 2.39. The predicted molar refractivity (Wildman–Crippen MR) is 186 cm³/mol. The lowest BCUT2D eigenvalue weighted by Crippen LogP contribution is -2.47. The third-order valence-electron chi connectivity index (χ3n) is 8.58. The molecule has 1 unspecified atom stereocenters. The Bertz CT molecular complexity index is 1750. The van der Waals surface area contributed by atoms with Crippen LogP contribution in [-0.4, -0.2) is 17.7 Å². The standard InChI is InChI=1S/C38H39Cl2N3O3/c1-4-10-31(36(41)44)32(19-23(2)3)37(45)42-35-30-15-6-5-13-28(30)29-14-7-8-16-34(29)43(38(35)46)22-24-11-9-12-25(20-24)27-18-17-26(39)21-33(27)40/h5-9,11-18,20-21,23,31-32,35H,4,10,19,22H2,1-3H3,(H2,41,44)(H,42,45)/t31-,32+,35?/m0/s1. The Morgan fingerprint density at radius 3 is 2.28 bits per heavy atom. The van der Waals surface area contributed by atoms with Crippen molar-refractivity contribution in [1.82, 2.24) is 5.32 Å². The van der Waals surface area contributed by atoms with E-state index in [4.69, 9.17) is 28.9 Å². The van der Waals surface area contributed by atoms with E-state index in [0.717, 1.165) is 33.5 Å². The van der Waals surface area contributed by atoms with E-state index in [0.29, 0.717) is 34.9 Å². The maximum atomic E-state index is 14.7. The lowest BCUT2D eigenvalue weighted by Gasteiger charge is -2.30. The van der Waals surface area contributed by atoms with Crippen molar-refractivity contribution in [2.45, 2.75) is 52.6 Å². The number of amides is 3. The van der Waals surface area contributed by atoms with Gasteiger partial charge in [-0.2, -0.15) is 0 Å². The molecule has 8 heteroatoms. The highest BCUT2D eigenvalue weighted by molar-refractivity contribution is 6.36. The van der Waals surface area contributed by atoms with E-state index in [1.165, 1.54) is 0 Å². The first-order valence-corrected chi connectivity index (χ1v) is 16.5.